The van der Waals surface area contributed by atoms with E-state index in [0.29, 0.717) is 5.92 Å². The molecule has 2 aliphatic rings. The lowest BCUT2D eigenvalue weighted by Crippen LogP contribution is -2.40. The van der Waals surface area contributed by atoms with Crippen LogP contribution in [0.15, 0.2) is 93.8 Å². The molecule has 0 saturated carbocycles. The van der Waals surface area contributed by atoms with Crippen LogP contribution in [0.5, 0.6) is 0 Å². The molecule has 1 aromatic carbocycles. The molecular formula is C26H26N2O. The van der Waals surface area contributed by atoms with Crippen LogP contribution < -0.4 is 5.56 Å². The van der Waals surface area contributed by atoms with Crippen LogP contribution in [0.3, 0.4) is 0 Å². The molecule has 4 rings (SSSR count). The number of benzene rings is 1. The summed E-state index contributed by atoms with van der Waals surface area (Å²) in [7, 11) is 0. The van der Waals surface area contributed by atoms with Crippen LogP contribution in [0.4, 0.5) is 0 Å². The molecule has 0 amide bonds. The predicted molar refractivity (Wildman–Crippen MR) is 121 cm³/mol. The Morgan fingerprint density at radius 1 is 1.10 bits per heavy atom. The molecular weight excluding hydrogens is 356 g/mol. The zero-order valence-corrected chi connectivity index (χ0v) is 16.9. The summed E-state index contributed by atoms with van der Waals surface area (Å²) < 4.78 is 0. The lowest BCUT2D eigenvalue weighted by atomic mass is 9.63. The first kappa shape index (κ1) is 19.1. The Bertz CT molecular complexity index is 1100. The summed E-state index contributed by atoms with van der Waals surface area (Å²) in [6.07, 6.45) is 16.2. The van der Waals surface area contributed by atoms with Crippen molar-refractivity contribution in [2.75, 3.05) is 0 Å². The lowest BCUT2D eigenvalue weighted by Gasteiger charge is -2.45. The van der Waals surface area contributed by atoms with E-state index in [1.54, 1.807) is 6.07 Å². The van der Waals surface area contributed by atoms with E-state index >= 15 is 0 Å². The fourth-order valence-corrected chi connectivity index (χ4v) is 4.67. The van der Waals surface area contributed by atoms with Crippen LogP contribution in [-0.4, -0.2) is 11.2 Å². The number of fused-ring (bicyclic) bond motifs is 4. The van der Waals surface area contributed by atoms with Crippen LogP contribution in [0.25, 0.3) is 6.08 Å². The minimum Gasteiger partial charge on any atom is -0.326 e. The number of aromatic amines is 1. The zero-order chi connectivity index (χ0) is 20.3. The standard InChI is InChI=1S/C26H26N2O/c1-3-22-21-16-19(2)18-26(22,23-13-14-25(29)28-24(23)17-21)27-15-9-5-8-12-20-10-6-4-7-11-20/h3-16,21H,17-18H2,1-2H3,(H,28,29)/b9-5?,12-8?,22-3+,27-15?/t21-,26+/m0/s1. The summed E-state index contributed by atoms with van der Waals surface area (Å²) in [5.41, 5.74) is 5.51. The highest BCUT2D eigenvalue weighted by molar-refractivity contribution is 5.74. The maximum atomic E-state index is 11.9. The maximum Gasteiger partial charge on any atom is 0.248 e. The highest BCUT2D eigenvalue weighted by Crippen LogP contribution is 2.51. The van der Waals surface area contributed by atoms with Gasteiger partial charge in [-0.3, -0.25) is 9.79 Å². The van der Waals surface area contributed by atoms with Crippen LogP contribution in [0, 0.1) is 5.92 Å². The fourth-order valence-electron chi connectivity index (χ4n) is 4.67. The van der Waals surface area contributed by atoms with Gasteiger partial charge in [-0.2, -0.15) is 0 Å². The van der Waals surface area contributed by atoms with Gasteiger partial charge in [0.15, 0.2) is 0 Å². The molecule has 3 nitrogen and oxygen atoms in total. The van der Waals surface area contributed by atoms with Gasteiger partial charge in [0.1, 0.15) is 5.54 Å². The van der Waals surface area contributed by atoms with E-state index in [2.05, 4.69) is 49.2 Å². The summed E-state index contributed by atoms with van der Waals surface area (Å²) in [5.74, 6) is 0.290. The molecule has 2 aromatic rings. The van der Waals surface area contributed by atoms with Gasteiger partial charge in [0, 0.05) is 35.9 Å². The molecule has 1 aromatic heterocycles. The highest BCUT2D eigenvalue weighted by atomic mass is 16.1. The molecule has 2 atom stereocenters. The van der Waals surface area contributed by atoms with Crippen molar-refractivity contribution in [2.24, 2.45) is 10.9 Å². The number of aliphatic imine (C=N–C) groups is 1. The number of aromatic nitrogens is 1. The monoisotopic (exact) mass is 382 g/mol. The van der Waals surface area contributed by atoms with Gasteiger partial charge < -0.3 is 4.98 Å². The van der Waals surface area contributed by atoms with E-state index in [1.165, 1.54) is 16.7 Å². The summed E-state index contributed by atoms with van der Waals surface area (Å²) in [6.45, 7) is 4.27. The molecule has 3 heteroatoms. The van der Waals surface area contributed by atoms with Crippen molar-refractivity contribution in [2.45, 2.75) is 32.2 Å². The Labute approximate surface area is 171 Å². The van der Waals surface area contributed by atoms with Gasteiger partial charge >= 0.3 is 0 Å². The first-order valence-corrected chi connectivity index (χ1v) is 10.1. The minimum atomic E-state index is -0.427. The number of H-pyrrole nitrogens is 1. The average Bonchev–Trinajstić information content (AvgIpc) is 2.70. The van der Waals surface area contributed by atoms with E-state index < -0.39 is 5.54 Å². The summed E-state index contributed by atoms with van der Waals surface area (Å²) in [4.78, 5) is 20.0. The quantitative estimate of drug-likeness (QED) is 0.431. The molecule has 0 spiro atoms. The molecule has 2 bridgehead atoms. The Balaban J connectivity index is 1.67. The van der Waals surface area contributed by atoms with E-state index in [1.807, 2.05) is 48.7 Å². The third kappa shape index (κ3) is 3.73. The molecule has 0 radical (unpaired) electrons. The lowest BCUT2D eigenvalue weighted by molar-refractivity contribution is 0.413. The number of pyridine rings is 1. The third-order valence-corrected chi connectivity index (χ3v) is 5.77. The smallest absolute Gasteiger partial charge is 0.248 e. The molecule has 0 aliphatic heterocycles. The summed E-state index contributed by atoms with van der Waals surface area (Å²) in [6, 6.07) is 13.8. The Hall–Kier alpha value is -3.20. The van der Waals surface area contributed by atoms with Gasteiger partial charge in [-0.1, -0.05) is 66.3 Å². The average molecular weight is 383 g/mol. The van der Waals surface area contributed by atoms with Gasteiger partial charge in [-0.15, -0.1) is 0 Å². The van der Waals surface area contributed by atoms with Crippen molar-refractivity contribution in [1.29, 1.82) is 0 Å². The van der Waals surface area contributed by atoms with Crippen LogP contribution in [0.2, 0.25) is 0 Å². The van der Waals surface area contributed by atoms with Crippen molar-refractivity contribution < 1.29 is 0 Å². The molecule has 29 heavy (non-hydrogen) atoms. The second kappa shape index (κ2) is 8.04. The van der Waals surface area contributed by atoms with Crippen LogP contribution in [-0.2, 0) is 12.0 Å². The first-order valence-electron chi connectivity index (χ1n) is 10.1. The molecule has 0 saturated heterocycles. The largest absolute Gasteiger partial charge is 0.326 e. The second-order valence-electron chi connectivity index (χ2n) is 7.75. The van der Waals surface area contributed by atoms with Crippen molar-refractivity contribution >= 4 is 12.3 Å². The van der Waals surface area contributed by atoms with Gasteiger partial charge in [-0.25, -0.2) is 0 Å². The summed E-state index contributed by atoms with van der Waals surface area (Å²) >= 11 is 0. The first-order chi connectivity index (χ1) is 14.1. The van der Waals surface area contributed by atoms with Crippen LogP contribution >= 0.6 is 0 Å². The fraction of sp³-hybridized carbons (Fsp3) is 0.231. The molecule has 2 aliphatic carbocycles. The van der Waals surface area contributed by atoms with Crippen molar-refractivity contribution in [3.8, 4) is 0 Å². The highest BCUT2D eigenvalue weighted by Gasteiger charge is 2.46. The van der Waals surface area contributed by atoms with Gasteiger partial charge in [0.05, 0.1) is 0 Å². The minimum absolute atomic E-state index is 0.0449. The molecule has 1 heterocycles. The number of hydrogen-bond donors (Lipinski definition) is 1. The maximum absolute atomic E-state index is 11.9. The Morgan fingerprint density at radius 3 is 2.72 bits per heavy atom. The topological polar surface area (TPSA) is 45.2 Å². The number of nitrogens with zero attached hydrogens (tertiary/aromatic N) is 1. The number of allylic oxidation sites excluding steroid dienone is 5. The second-order valence-corrected chi connectivity index (χ2v) is 7.75. The van der Waals surface area contributed by atoms with Gasteiger partial charge in [0.2, 0.25) is 5.56 Å². The van der Waals surface area contributed by atoms with E-state index in [0.717, 1.165) is 24.1 Å². The van der Waals surface area contributed by atoms with E-state index in [4.69, 9.17) is 4.99 Å². The normalized spacial score (nSPS) is 25.1. The number of nitrogens with one attached hydrogen (secondary N) is 1. The van der Waals surface area contributed by atoms with Crippen molar-refractivity contribution in [3.05, 3.63) is 111 Å². The van der Waals surface area contributed by atoms with Gasteiger partial charge in [-0.05, 0) is 43.5 Å². The third-order valence-electron chi connectivity index (χ3n) is 5.77. The number of rotatable bonds is 4. The van der Waals surface area contributed by atoms with Crippen molar-refractivity contribution in [1.82, 2.24) is 4.98 Å². The van der Waals surface area contributed by atoms with Crippen molar-refractivity contribution in [3.63, 3.8) is 0 Å². The summed E-state index contributed by atoms with van der Waals surface area (Å²) in [5, 5.41) is 0. The van der Waals surface area contributed by atoms with E-state index in [9.17, 15) is 4.79 Å². The van der Waals surface area contributed by atoms with Crippen LogP contribution in [0.1, 0.15) is 37.1 Å². The number of hydrogen-bond acceptors (Lipinski definition) is 2. The molecule has 0 unspecified atom stereocenters. The Kier molecular flexibility index (Phi) is 5.30. The van der Waals surface area contributed by atoms with Gasteiger partial charge in [0.25, 0.3) is 0 Å². The molecule has 146 valence electrons. The Morgan fingerprint density at radius 2 is 1.93 bits per heavy atom. The zero-order valence-electron chi connectivity index (χ0n) is 16.9. The SMILES string of the molecule is C/C=C1\[C@H]2C=C(C)C[C@]1(N=CC=CC=Cc1ccccc1)c1ccc(=O)[nH]c1C2. The van der Waals surface area contributed by atoms with E-state index in [-0.39, 0.29) is 5.56 Å². The molecule has 0 fully saturated rings. The molecule has 1 N–H and O–H groups in total. The predicted octanol–water partition coefficient (Wildman–Crippen LogP) is 5.38.